The van der Waals surface area contributed by atoms with Crippen molar-refractivity contribution >= 4 is 27.7 Å². The molecule has 100 valence electrons. The van der Waals surface area contributed by atoms with Gasteiger partial charge in [0.05, 0.1) is 10.0 Å². The van der Waals surface area contributed by atoms with Gasteiger partial charge in [-0.3, -0.25) is 4.90 Å². The molecule has 1 N–H and O–H groups in total. The SMILES string of the molecule is CN1CCSCC1C(O)c1c(F)ccc(Br)c1F. The van der Waals surface area contributed by atoms with Crippen LogP contribution in [0.25, 0.3) is 0 Å². The van der Waals surface area contributed by atoms with E-state index in [0.717, 1.165) is 12.3 Å². The number of hydrogen-bond acceptors (Lipinski definition) is 3. The minimum Gasteiger partial charge on any atom is -0.387 e. The highest BCUT2D eigenvalue weighted by atomic mass is 79.9. The van der Waals surface area contributed by atoms with Crippen molar-refractivity contribution in [3.05, 3.63) is 33.8 Å². The van der Waals surface area contributed by atoms with Gasteiger partial charge in [-0.25, -0.2) is 8.78 Å². The van der Waals surface area contributed by atoms with Gasteiger partial charge in [0.15, 0.2) is 0 Å². The summed E-state index contributed by atoms with van der Waals surface area (Å²) in [5, 5.41) is 10.2. The van der Waals surface area contributed by atoms with Gasteiger partial charge in [0.2, 0.25) is 0 Å². The molecule has 1 aromatic rings. The predicted molar refractivity (Wildman–Crippen MR) is 72.8 cm³/mol. The van der Waals surface area contributed by atoms with E-state index in [4.69, 9.17) is 0 Å². The van der Waals surface area contributed by atoms with E-state index in [2.05, 4.69) is 15.9 Å². The molecule has 0 amide bonds. The van der Waals surface area contributed by atoms with Crippen LogP contribution in [0.3, 0.4) is 0 Å². The number of nitrogens with zero attached hydrogens (tertiary/aromatic N) is 1. The molecule has 0 bridgehead atoms. The van der Waals surface area contributed by atoms with Crippen molar-refractivity contribution in [2.75, 3.05) is 25.1 Å². The summed E-state index contributed by atoms with van der Waals surface area (Å²) in [4.78, 5) is 1.95. The van der Waals surface area contributed by atoms with E-state index in [9.17, 15) is 13.9 Å². The first-order valence-electron chi connectivity index (χ1n) is 5.62. The fourth-order valence-corrected chi connectivity index (χ4v) is 3.65. The van der Waals surface area contributed by atoms with Crippen molar-refractivity contribution in [1.82, 2.24) is 4.90 Å². The van der Waals surface area contributed by atoms with Gasteiger partial charge in [-0.15, -0.1) is 0 Å². The lowest BCUT2D eigenvalue weighted by Crippen LogP contribution is -2.43. The summed E-state index contributed by atoms with van der Waals surface area (Å²) >= 11 is 4.70. The summed E-state index contributed by atoms with van der Waals surface area (Å²) in [6.07, 6.45) is -1.15. The summed E-state index contributed by atoms with van der Waals surface area (Å²) in [6, 6.07) is 2.21. The molecule has 0 radical (unpaired) electrons. The number of halogens is 3. The average molecular weight is 338 g/mol. The molecule has 18 heavy (non-hydrogen) atoms. The quantitative estimate of drug-likeness (QED) is 0.839. The van der Waals surface area contributed by atoms with Crippen LogP contribution in [0.1, 0.15) is 11.7 Å². The Balaban J connectivity index is 2.33. The summed E-state index contributed by atoms with van der Waals surface area (Å²) in [6.45, 7) is 0.809. The zero-order valence-electron chi connectivity index (χ0n) is 9.87. The molecule has 0 aromatic heterocycles. The number of aliphatic hydroxyl groups excluding tert-OH is 1. The highest BCUT2D eigenvalue weighted by molar-refractivity contribution is 9.10. The molecular formula is C12H14BrF2NOS. The average Bonchev–Trinajstić information content (AvgIpc) is 2.35. The Bertz CT molecular complexity index is 446. The van der Waals surface area contributed by atoms with E-state index in [-0.39, 0.29) is 16.1 Å². The van der Waals surface area contributed by atoms with Gasteiger partial charge in [0, 0.05) is 24.1 Å². The van der Waals surface area contributed by atoms with Crippen molar-refractivity contribution in [3.8, 4) is 0 Å². The second kappa shape index (κ2) is 5.86. The zero-order chi connectivity index (χ0) is 13.3. The molecule has 2 atom stereocenters. The predicted octanol–water partition coefficient (Wildman–Crippen LogP) is 2.81. The molecular weight excluding hydrogens is 324 g/mol. The van der Waals surface area contributed by atoms with Crippen molar-refractivity contribution in [2.45, 2.75) is 12.1 Å². The summed E-state index contributed by atoms with van der Waals surface area (Å²) < 4.78 is 27.8. The highest BCUT2D eigenvalue weighted by Crippen LogP contribution is 2.32. The Morgan fingerprint density at radius 2 is 2.22 bits per heavy atom. The molecule has 0 aliphatic carbocycles. The number of likely N-dealkylation sites (N-methyl/N-ethyl adjacent to an activating group) is 1. The third kappa shape index (κ3) is 2.71. The maximum atomic E-state index is 13.9. The lowest BCUT2D eigenvalue weighted by atomic mass is 10.0. The van der Waals surface area contributed by atoms with Crippen LogP contribution < -0.4 is 0 Å². The summed E-state index contributed by atoms with van der Waals surface area (Å²) in [5.74, 6) is 0.227. The van der Waals surface area contributed by atoms with E-state index in [1.165, 1.54) is 12.1 Å². The monoisotopic (exact) mass is 337 g/mol. The first-order valence-corrected chi connectivity index (χ1v) is 7.56. The lowest BCUT2D eigenvalue weighted by Gasteiger charge is -2.35. The Morgan fingerprint density at radius 1 is 1.50 bits per heavy atom. The van der Waals surface area contributed by atoms with Crippen molar-refractivity contribution in [1.29, 1.82) is 0 Å². The smallest absolute Gasteiger partial charge is 0.146 e. The van der Waals surface area contributed by atoms with Crippen LogP contribution in [0.2, 0.25) is 0 Å². The Labute approximate surface area is 117 Å². The minimum absolute atomic E-state index is 0.170. The van der Waals surface area contributed by atoms with Crippen molar-refractivity contribution in [3.63, 3.8) is 0 Å². The largest absolute Gasteiger partial charge is 0.387 e. The molecule has 1 aliphatic rings. The summed E-state index contributed by atoms with van der Waals surface area (Å²) in [5.41, 5.74) is -0.247. The van der Waals surface area contributed by atoms with E-state index in [0.29, 0.717) is 5.75 Å². The second-order valence-electron chi connectivity index (χ2n) is 4.32. The zero-order valence-corrected chi connectivity index (χ0v) is 12.3. The normalized spacial score (nSPS) is 23.1. The minimum atomic E-state index is -1.15. The van der Waals surface area contributed by atoms with Gasteiger partial charge in [-0.05, 0) is 35.1 Å². The number of aliphatic hydroxyl groups is 1. The van der Waals surface area contributed by atoms with Crippen LogP contribution in [-0.2, 0) is 0 Å². The molecule has 0 spiro atoms. The first-order chi connectivity index (χ1) is 8.52. The molecule has 1 heterocycles. The number of rotatable bonds is 2. The molecule has 2 nitrogen and oxygen atoms in total. The van der Waals surface area contributed by atoms with Gasteiger partial charge in [0.1, 0.15) is 17.7 Å². The van der Waals surface area contributed by atoms with E-state index >= 15 is 0 Å². The van der Waals surface area contributed by atoms with Crippen LogP contribution in [0.5, 0.6) is 0 Å². The highest BCUT2D eigenvalue weighted by Gasteiger charge is 2.31. The molecule has 2 unspecified atom stereocenters. The lowest BCUT2D eigenvalue weighted by molar-refractivity contribution is 0.0700. The van der Waals surface area contributed by atoms with E-state index in [1.807, 2.05) is 11.9 Å². The van der Waals surface area contributed by atoms with E-state index < -0.39 is 17.7 Å². The third-order valence-corrected chi connectivity index (χ3v) is 4.84. The molecule has 0 saturated carbocycles. The molecule has 2 rings (SSSR count). The topological polar surface area (TPSA) is 23.5 Å². The van der Waals surface area contributed by atoms with Crippen LogP contribution in [-0.4, -0.2) is 41.1 Å². The van der Waals surface area contributed by atoms with Crippen molar-refractivity contribution in [2.24, 2.45) is 0 Å². The van der Waals surface area contributed by atoms with Gasteiger partial charge in [-0.2, -0.15) is 11.8 Å². The fraction of sp³-hybridized carbons (Fsp3) is 0.500. The van der Waals surface area contributed by atoms with Crippen LogP contribution in [0, 0.1) is 11.6 Å². The van der Waals surface area contributed by atoms with Gasteiger partial charge >= 0.3 is 0 Å². The number of benzene rings is 1. The van der Waals surface area contributed by atoms with Gasteiger partial charge in [0.25, 0.3) is 0 Å². The molecule has 1 aromatic carbocycles. The molecule has 1 saturated heterocycles. The van der Waals surface area contributed by atoms with Gasteiger partial charge < -0.3 is 5.11 Å². The molecule has 6 heteroatoms. The second-order valence-corrected chi connectivity index (χ2v) is 6.33. The Morgan fingerprint density at radius 3 is 2.89 bits per heavy atom. The number of thioether (sulfide) groups is 1. The maximum absolute atomic E-state index is 13.9. The third-order valence-electron chi connectivity index (χ3n) is 3.18. The summed E-state index contributed by atoms with van der Waals surface area (Å²) in [7, 11) is 1.86. The Kier molecular flexibility index (Phi) is 4.64. The number of hydrogen-bond donors (Lipinski definition) is 1. The Hall–Kier alpha value is -0.170. The standard InChI is InChI=1S/C12H14BrF2NOS/c1-16-4-5-18-6-9(16)12(17)10-8(14)3-2-7(13)11(10)15/h2-3,9,12,17H,4-6H2,1H3. The first kappa shape index (κ1) is 14.2. The molecule has 1 aliphatic heterocycles. The van der Waals surface area contributed by atoms with Crippen molar-refractivity contribution < 1.29 is 13.9 Å². The van der Waals surface area contributed by atoms with Crippen LogP contribution in [0.15, 0.2) is 16.6 Å². The fourth-order valence-electron chi connectivity index (χ4n) is 2.04. The molecule has 1 fully saturated rings. The van der Waals surface area contributed by atoms with E-state index in [1.54, 1.807) is 11.8 Å². The van der Waals surface area contributed by atoms with Gasteiger partial charge in [-0.1, -0.05) is 0 Å². The maximum Gasteiger partial charge on any atom is 0.146 e. The van der Waals surface area contributed by atoms with Crippen LogP contribution in [0.4, 0.5) is 8.78 Å². The van der Waals surface area contributed by atoms with Crippen LogP contribution >= 0.6 is 27.7 Å².